The number of nitrogens with zero attached hydrogens (tertiary/aromatic N) is 1. The average molecular weight is 238 g/mol. The van der Waals surface area contributed by atoms with Crippen LogP contribution in [0.4, 0.5) is 4.39 Å². The van der Waals surface area contributed by atoms with E-state index in [1.54, 1.807) is 6.92 Å². The minimum absolute atomic E-state index is 0.207. The molecule has 0 saturated heterocycles. The molecule has 0 amide bonds. The van der Waals surface area contributed by atoms with Gasteiger partial charge in [-0.05, 0) is 30.7 Å². The summed E-state index contributed by atoms with van der Waals surface area (Å²) in [6.07, 6.45) is 0. The molecule has 1 aromatic rings. The van der Waals surface area contributed by atoms with Crippen LogP contribution in [-0.2, 0) is 6.54 Å². The van der Waals surface area contributed by atoms with Crippen molar-refractivity contribution < 1.29 is 14.6 Å². The third kappa shape index (κ3) is 3.49. The summed E-state index contributed by atoms with van der Waals surface area (Å²) >= 11 is 0. The molecule has 3 N–H and O–H groups in total. The van der Waals surface area contributed by atoms with Crippen LogP contribution in [0.1, 0.15) is 18.1 Å². The van der Waals surface area contributed by atoms with Crippen LogP contribution < -0.4 is 5.32 Å². The molecule has 1 aromatic carbocycles. The minimum Gasteiger partial charge on any atom is -0.394 e. The van der Waals surface area contributed by atoms with Gasteiger partial charge in [0, 0.05) is 6.54 Å². The lowest BCUT2D eigenvalue weighted by Gasteiger charge is -2.26. The number of hydrogen-bond donors (Lipinski definition) is 3. The van der Waals surface area contributed by atoms with Gasteiger partial charge in [-0.15, -0.1) is 0 Å². The molecule has 0 aliphatic rings. The first-order chi connectivity index (χ1) is 8.04. The lowest BCUT2D eigenvalue weighted by molar-refractivity contribution is 0.103. The van der Waals surface area contributed by atoms with Gasteiger partial charge in [0.2, 0.25) is 0 Å². The Balaban J connectivity index is 2.82. The van der Waals surface area contributed by atoms with Gasteiger partial charge in [-0.25, -0.2) is 4.39 Å². The third-order valence-electron chi connectivity index (χ3n) is 2.59. The second-order valence-electron chi connectivity index (χ2n) is 4.14. The van der Waals surface area contributed by atoms with Crippen LogP contribution in [0.25, 0.3) is 0 Å². The smallest absolute Gasteiger partial charge is 0.123 e. The van der Waals surface area contributed by atoms with E-state index in [9.17, 15) is 4.39 Å². The van der Waals surface area contributed by atoms with Gasteiger partial charge in [0.1, 0.15) is 5.82 Å². The lowest BCUT2D eigenvalue weighted by atomic mass is 10.0. The number of hydrogen-bond acceptors (Lipinski definition) is 4. The summed E-state index contributed by atoms with van der Waals surface area (Å²) in [6, 6.07) is 5.85. The summed E-state index contributed by atoms with van der Waals surface area (Å²) < 4.78 is 13.0. The Morgan fingerprint density at radius 3 is 2.59 bits per heavy atom. The highest BCUT2D eigenvalue weighted by Crippen LogP contribution is 2.12. The van der Waals surface area contributed by atoms with E-state index in [1.165, 1.54) is 18.2 Å². The Kier molecular flexibility index (Phi) is 4.58. The Morgan fingerprint density at radius 2 is 2.06 bits per heavy atom. The molecule has 92 valence electrons. The standard InChI is InChI=1S/C12H15FN2O2/c1-12(7-16,8-17)15-6-10-4-11(13)3-2-9(10)5-14/h2-4,15-17H,6-8H2,1H3. The summed E-state index contributed by atoms with van der Waals surface area (Å²) in [4.78, 5) is 0. The van der Waals surface area contributed by atoms with Crippen LogP contribution in [0.15, 0.2) is 18.2 Å². The largest absolute Gasteiger partial charge is 0.394 e. The van der Waals surface area contributed by atoms with Crippen molar-refractivity contribution in [3.8, 4) is 6.07 Å². The first-order valence-corrected chi connectivity index (χ1v) is 5.20. The SMILES string of the molecule is CC(CO)(CO)NCc1cc(F)ccc1C#N. The van der Waals surface area contributed by atoms with Gasteiger partial charge in [-0.2, -0.15) is 5.26 Å². The monoisotopic (exact) mass is 238 g/mol. The zero-order valence-corrected chi connectivity index (χ0v) is 9.57. The van der Waals surface area contributed by atoms with Crippen molar-refractivity contribution in [3.63, 3.8) is 0 Å². The predicted octanol–water partition coefficient (Wildman–Crippen LogP) is 0.530. The fourth-order valence-electron chi connectivity index (χ4n) is 1.29. The molecule has 0 aliphatic heterocycles. The van der Waals surface area contributed by atoms with Crippen LogP contribution >= 0.6 is 0 Å². The summed E-state index contributed by atoms with van der Waals surface area (Å²) in [7, 11) is 0. The molecule has 0 aliphatic carbocycles. The molecule has 0 aromatic heterocycles. The maximum absolute atomic E-state index is 13.0. The predicted molar refractivity (Wildman–Crippen MR) is 60.5 cm³/mol. The highest BCUT2D eigenvalue weighted by atomic mass is 19.1. The molecule has 0 radical (unpaired) electrons. The topological polar surface area (TPSA) is 76.3 Å². The fourth-order valence-corrected chi connectivity index (χ4v) is 1.29. The molecule has 0 fully saturated rings. The average Bonchev–Trinajstić information content (AvgIpc) is 2.36. The number of nitriles is 1. The van der Waals surface area contributed by atoms with Gasteiger partial charge in [0.05, 0.1) is 30.4 Å². The van der Waals surface area contributed by atoms with Crippen molar-refractivity contribution in [2.45, 2.75) is 19.0 Å². The number of rotatable bonds is 5. The number of halogens is 1. The van der Waals surface area contributed by atoms with E-state index in [0.29, 0.717) is 11.1 Å². The van der Waals surface area contributed by atoms with E-state index in [1.807, 2.05) is 6.07 Å². The van der Waals surface area contributed by atoms with E-state index in [4.69, 9.17) is 15.5 Å². The molecule has 0 atom stereocenters. The quantitative estimate of drug-likeness (QED) is 0.699. The van der Waals surface area contributed by atoms with Crippen molar-refractivity contribution in [1.82, 2.24) is 5.32 Å². The van der Waals surface area contributed by atoms with Crippen molar-refractivity contribution in [2.75, 3.05) is 13.2 Å². The third-order valence-corrected chi connectivity index (χ3v) is 2.59. The van der Waals surface area contributed by atoms with E-state index in [2.05, 4.69) is 5.32 Å². The molecular formula is C12H15FN2O2. The van der Waals surface area contributed by atoms with Gasteiger partial charge in [0.15, 0.2) is 0 Å². The Hall–Kier alpha value is -1.48. The molecule has 0 heterocycles. The molecule has 1 rings (SSSR count). The zero-order chi connectivity index (χ0) is 12.9. The van der Waals surface area contributed by atoms with Crippen LogP contribution in [0.2, 0.25) is 0 Å². The van der Waals surface area contributed by atoms with Gasteiger partial charge in [-0.1, -0.05) is 0 Å². The Morgan fingerprint density at radius 1 is 1.41 bits per heavy atom. The molecule has 0 spiro atoms. The fraction of sp³-hybridized carbons (Fsp3) is 0.417. The highest BCUT2D eigenvalue weighted by molar-refractivity contribution is 5.37. The lowest BCUT2D eigenvalue weighted by Crippen LogP contribution is -2.48. The van der Waals surface area contributed by atoms with Gasteiger partial charge in [0.25, 0.3) is 0 Å². The maximum Gasteiger partial charge on any atom is 0.123 e. The number of aliphatic hydroxyl groups excluding tert-OH is 2. The molecule has 0 unspecified atom stereocenters. The number of benzene rings is 1. The Bertz CT molecular complexity index is 425. The highest BCUT2D eigenvalue weighted by Gasteiger charge is 2.21. The van der Waals surface area contributed by atoms with E-state index in [0.717, 1.165) is 0 Å². The van der Waals surface area contributed by atoms with Gasteiger partial charge in [-0.3, -0.25) is 0 Å². The summed E-state index contributed by atoms with van der Waals surface area (Å²) in [5, 5.41) is 29.9. The van der Waals surface area contributed by atoms with Crippen molar-refractivity contribution in [1.29, 1.82) is 5.26 Å². The molecule has 17 heavy (non-hydrogen) atoms. The first-order valence-electron chi connectivity index (χ1n) is 5.20. The number of nitrogens with one attached hydrogen (secondary N) is 1. The van der Waals surface area contributed by atoms with Crippen LogP contribution in [0.5, 0.6) is 0 Å². The molecule has 0 saturated carbocycles. The molecule has 5 heteroatoms. The molecular weight excluding hydrogens is 223 g/mol. The minimum atomic E-state index is -0.848. The van der Waals surface area contributed by atoms with Gasteiger partial charge < -0.3 is 15.5 Å². The van der Waals surface area contributed by atoms with E-state index < -0.39 is 11.4 Å². The molecule has 0 bridgehead atoms. The summed E-state index contributed by atoms with van der Waals surface area (Å²) in [5.74, 6) is -0.421. The second-order valence-corrected chi connectivity index (χ2v) is 4.14. The molecule has 4 nitrogen and oxygen atoms in total. The van der Waals surface area contributed by atoms with Crippen LogP contribution in [0.3, 0.4) is 0 Å². The zero-order valence-electron chi connectivity index (χ0n) is 9.57. The maximum atomic E-state index is 13.0. The number of aliphatic hydroxyl groups is 2. The van der Waals surface area contributed by atoms with E-state index in [-0.39, 0.29) is 19.8 Å². The summed E-state index contributed by atoms with van der Waals surface area (Å²) in [5.41, 5.74) is 0.0247. The van der Waals surface area contributed by atoms with Crippen LogP contribution in [0, 0.1) is 17.1 Å². The van der Waals surface area contributed by atoms with Crippen molar-refractivity contribution in [2.24, 2.45) is 0 Å². The van der Waals surface area contributed by atoms with Crippen molar-refractivity contribution >= 4 is 0 Å². The van der Waals surface area contributed by atoms with Crippen molar-refractivity contribution in [3.05, 3.63) is 35.1 Å². The van der Waals surface area contributed by atoms with E-state index >= 15 is 0 Å². The Labute approximate surface area is 99.3 Å². The van der Waals surface area contributed by atoms with Gasteiger partial charge >= 0.3 is 0 Å². The van der Waals surface area contributed by atoms with Crippen LogP contribution in [-0.4, -0.2) is 29.0 Å². The normalized spacial score (nSPS) is 11.2. The summed E-state index contributed by atoms with van der Waals surface area (Å²) in [6.45, 7) is 1.35. The second kappa shape index (κ2) is 5.73. The first kappa shape index (κ1) is 13.6.